The first-order valence-corrected chi connectivity index (χ1v) is 7.05. The van der Waals surface area contributed by atoms with Gasteiger partial charge < -0.3 is 10.4 Å². The molecule has 0 spiro atoms. The van der Waals surface area contributed by atoms with Crippen molar-refractivity contribution in [3.05, 3.63) is 35.9 Å². The van der Waals surface area contributed by atoms with Crippen LogP contribution >= 0.6 is 0 Å². The average molecular weight is 249 g/mol. The minimum absolute atomic E-state index is 0.284. The molecule has 102 valence electrons. The summed E-state index contributed by atoms with van der Waals surface area (Å²) < 4.78 is 0. The Kier molecular flexibility index (Phi) is 6.99. The van der Waals surface area contributed by atoms with Crippen molar-refractivity contribution < 1.29 is 5.11 Å². The molecule has 0 saturated heterocycles. The maximum Gasteiger partial charge on any atom is 0.0431 e. The summed E-state index contributed by atoms with van der Waals surface area (Å²) in [6.07, 6.45) is 3.04. The first kappa shape index (κ1) is 15.2. The molecule has 1 aromatic rings. The number of aliphatic hydroxyl groups is 1. The molecule has 0 aromatic heterocycles. The fourth-order valence-electron chi connectivity index (χ4n) is 2.28. The second-order valence-electron chi connectivity index (χ2n) is 5.53. The van der Waals surface area contributed by atoms with E-state index in [1.165, 1.54) is 5.56 Å². The highest BCUT2D eigenvalue weighted by Gasteiger charge is 2.15. The van der Waals surface area contributed by atoms with Gasteiger partial charge in [0.15, 0.2) is 0 Å². The Morgan fingerprint density at radius 1 is 1.11 bits per heavy atom. The van der Waals surface area contributed by atoms with Crippen molar-refractivity contribution in [1.82, 2.24) is 5.32 Å². The van der Waals surface area contributed by atoms with Crippen molar-refractivity contribution in [2.24, 2.45) is 5.92 Å². The largest absolute Gasteiger partial charge is 0.396 e. The van der Waals surface area contributed by atoms with E-state index in [-0.39, 0.29) is 6.61 Å². The Morgan fingerprint density at radius 3 is 2.33 bits per heavy atom. The Labute approximate surface area is 111 Å². The molecule has 18 heavy (non-hydrogen) atoms. The van der Waals surface area contributed by atoms with E-state index in [1.807, 2.05) is 0 Å². The number of aliphatic hydroxyl groups excluding tert-OH is 1. The Hall–Kier alpha value is -0.860. The van der Waals surface area contributed by atoms with Crippen molar-refractivity contribution in [2.45, 2.75) is 52.1 Å². The van der Waals surface area contributed by atoms with Gasteiger partial charge in [0.05, 0.1) is 0 Å². The first-order valence-electron chi connectivity index (χ1n) is 7.05. The summed E-state index contributed by atoms with van der Waals surface area (Å²) in [6, 6.07) is 11.5. The van der Waals surface area contributed by atoms with Gasteiger partial charge in [-0.15, -0.1) is 0 Å². The number of hydrogen-bond acceptors (Lipinski definition) is 2. The monoisotopic (exact) mass is 249 g/mol. The van der Waals surface area contributed by atoms with E-state index < -0.39 is 0 Å². The van der Waals surface area contributed by atoms with Crippen molar-refractivity contribution in [3.8, 4) is 0 Å². The lowest BCUT2D eigenvalue weighted by atomic mass is 9.96. The Balaban J connectivity index is 2.61. The van der Waals surface area contributed by atoms with Gasteiger partial charge in [-0.05, 0) is 37.7 Å². The standard InChI is InChI=1S/C16H27NO/c1-13(2)12-16(15-9-5-4-6-10-15)17-14(3)8-7-11-18/h4-6,9-10,13-14,16-18H,7-8,11-12H2,1-3H3. The maximum atomic E-state index is 8.88. The summed E-state index contributed by atoms with van der Waals surface area (Å²) in [6.45, 7) is 7.00. The molecule has 2 unspecified atom stereocenters. The molecule has 0 aliphatic carbocycles. The number of rotatable bonds is 8. The van der Waals surface area contributed by atoms with Crippen molar-refractivity contribution in [2.75, 3.05) is 6.61 Å². The molecule has 2 nitrogen and oxygen atoms in total. The van der Waals surface area contributed by atoms with E-state index in [1.54, 1.807) is 0 Å². The van der Waals surface area contributed by atoms with Gasteiger partial charge in [-0.1, -0.05) is 44.2 Å². The number of benzene rings is 1. The zero-order valence-electron chi connectivity index (χ0n) is 11.9. The summed E-state index contributed by atoms with van der Waals surface area (Å²) in [5.74, 6) is 0.674. The van der Waals surface area contributed by atoms with Crippen LogP contribution in [0.5, 0.6) is 0 Å². The van der Waals surface area contributed by atoms with Crippen LogP contribution in [-0.2, 0) is 0 Å². The highest BCUT2D eigenvalue weighted by molar-refractivity contribution is 5.19. The van der Waals surface area contributed by atoms with Crippen LogP contribution in [0.15, 0.2) is 30.3 Å². The second-order valence-corrected chi connectivity index (χ2v) is 5.53. The fourth-order valence-corrected chi connectivity index (χ4v) is 2.28. The first-order chi connectivity index (χ1) is 8.63. The Bertz CT molecular complexity index is 310. The van der Waals surface area contributed by atoms with Gasteiger partial charge in [-0.25, -0.2) is 0 Å². The van der Waals surface area contributed by atoms with Gasteiger partial charge in [0.1, 0.15) is 0 Å². The lowest BCUT2D eigenvalue weighted by Crippen LogP contribution is -2.31. The van der Waals surface area contributed by atoms with Crippen LogP contribution in [0, 0.1) is 5.92 Å². The highest BCUT2D eigenvalue weighted by atomic mass is 16.2. The van der Waals surface area contributed by atoms with Crippen LogP contribution < -0.4 is 5.32 Å². The molecule has 0 radical (unpaired) electrons. The minimum atomic E-state index is 0.284. The fraction of sp³-hybridized carbons (Fsp3) is 0.625. The lowest BCUT2D eigenvalue weighted by Gasteiger charge is -2.25. The highest BCUT2D eigenvalue weighted by Crippen LogP contribution is 2.22. The third-order valence-corrected chi connectivity index (χ3v) is 3.19. The van der Waals surface area contributed by atoms with Crippen LogP contribution in [0.1, 0.15) is 51.6 Å². The Morgan fingerprint density at radius 2 is 1.78 bits per heavy atom. The van der Waals surface area contributed by atoms with Gasteiger partial charge in [-0.3, -0.25) is 0 Å². The van der Waals surface area contributed by atoms with Crippen LogP contribution in [0.3, 0.4) is 0 Å². The van der Waals surface area contributed by atoms with E-state index in [4.69, 9.17) is 5.11 Å². The molecule has 0 aliphatic heterocycles. The molecule has 0 saturated carbocycles. The molecule has 2 atom stereocenters. The van der Waals surface area contributed by atoms with Crippen LogP contribution in [0.25, 0.3) is 0 Å². The lowest BCUT2D eigenvalue weighted by molar-refractivity contribution is 0.271. The van der Waals surface area contributed by atoms with Crippen LogP contribution in [0.4, 0.5) is 0 Å². The van der Waals surface area contributed by atoms with Gasteiger partial charge in [0.2, 0.25) is 0 Å². The maximum absolute atomic E-state index is 8.88. The second kappa shape index (κ2) is 8.28. The summed E-state index contributed by atoms with van der Waals surface area (Å²) in [5.41, 5.74) is 1.36. The molecule has 0 aliphatic rings. The number of hydrogen-bond donors (Lipinski definition) is 2. The van der Waals surface area contributed by atoms with Gasteiger partial charge in [0.25, 0.3) is 0 Å². The molecule has 1 aromatic carbocycles. The third kappa shape index (κ3) is 5.65. The van der Waals surface area contributed by atoms with E-state index in [0.29, 0.717) is 18.0 Å². The van der Waals surface area contributed by atoms with Crippen LogP contribution in [-0.4, -0.2) is 17.8 Å². The zero-order chi connectivity index (χ0) is 13.4. The molecule has 2 N–H and O–H groups in total. The summed E-state index contributed by atoms with van der Waals surface area (Å²) >= 11 is 0. The molecule has 1 rings (SSSR count). The predicted molar refractivity (Wildman–Crippen MR) is 77.6 cm³/mol. The predicted octanol–water partition coefficient (Wildman–Crippen LogP) is 3.52. The van der Waals surface area contributed by atoms with Gasteiger partial charge in [0, 0.05) is 18.7 Å². The summed E-state index contributed by atoms with van der Waals surface area (Å²) in [7, 11) is 0. The normalized spacial score (nSPS) is 14.7. The smallest absolute Gasteiger partial charge is 0.0431 e. The average Bonchev–Trinajstić information content (AvgIpc) is 2.36. The van der Waals surface area contributed by atoms with E-state index in [9.17, 15) is 0 Å². The zero-order valence-corrected chi connectivity index (χ0v) is 11.9. The third-order valence-electron chi connectivity index (χ3n) is 3.19. The molecular weight excluding hydrogens is 222 g/mol. The molecular formula is C16H27NO. The quantitative estimate of drug-likeness (QED) is 0.739. The SMILES string of the molecule is CC(C)CC(NC(C)CCCO)c1ccccc1. The topological polar surface area (TPSA) is 32.3 Å². The molecule has 0 bridgehead atoms. The molecule has 0 heterocycles. The van der Waals surface area contributed by atoms with Crippen molar-refractivity contribution in [1.29, 1.82) is 0 Å². The van der Waals surface area contributed by atoms with Gasteiger partial charge in [-0.2, -0.15) is 0 Å². The van der Waals surface area contributed by atoms with Crippen molar-refractivity contribution >= 4 is 0 Å². The molecule has 0 amide bonds. The van der Waals surface area contributed by atoms with E-state index in [0.717, 1.165) is 19.3 Å². The number of nitrogens with one attached hydrogen (secondary N) is 1. The van der Waals surface area contributed by atoms with Crippen molar-refractivity contribution in [3.63, 3.8) is 0 Å². The summed E-state index contributed by atoms with van der Waals surface area (Å²) in [5, 5.41) is 12.6. The minimum Gasteiger partial charge on any atom is -0.396 e. The molecule has 0 fully saturated rings. The van der Waals surface area contributed by atoms with E-state index in [2.05, 4.69) is 56.4 Å². The summed E-state index contributed by atoms with van der Waals surface area (Å²) in [4.78, 5) is 0. The van der Waals surface area contributed by atoms with E-state index >= 15 is 0 Å². The molecule has 2 heteroatoms. The van der Waals surface area contributed by atoms with Crippen LogP contribution in [0.2, 0.25) is 0 Å². The van der Waals surface area contributed by atoms with Gasteiger partial charge >= 0.3 is 0 Å².